The Morgan fingerprint density at radius 1 is 1.38 bits per heavy atom. The van der Waals surface area contributed by atoms with Crippen molar-refractivity contribution >= 4 is 17.2 Å². The normalized spacial score (nSPS) is 10.0. The molecular formula is C12H12N2OS. The second-order valence-electron chi connectivity index (χ2n) is 3.33. The molecule has 0 aliphatic heterocycles. The van der Waals surface area contributed by atoms with Crippen molar-refractivity contribution in [1.29, 1.82) is 0 Å². The van der Waals surface area contributed by atoms with Crippen LogP contribution in [0.25, 0.3) is 0 Å². The molecule has 0 radical (unpaired) electrons. The van der Waals surface area contributed by atoms with Gasteiger partial charge in [0.25, 0.3) is 5.91 Å². The zero-order valence-electron chi connectivity index (χ0n) is 8.72. The fraction of sp³-hybridized carbons (Fsp3) is 0.167. The van der Waals surface area contributed by atoms with E-state index in [-0.39, 0.29) is 5.91 Å². The molecule has 0 aliphatic rings. The summed E-state index contributed by atoms with van der Waals surface area (Å²) in [7, 11) is 0. The zero-order valence-corrected chi connectivity index (χ0v) is 9.54. The van der Waals surface area contributed by atoms with Gasteiger partial charge >= 0.3 is 0 Å². The third-order valence-electron chi connectivity index (χ3n) is 2.16. The number of aromatic nitrogens is 1. The lowest BCUT2D eigenvalue weighted by Crippen LogP contribution is -2.25. The fourth-order valence-corrected chi connectivity index (χ4v) is 2.06. The summed E-state index contributed by atoms with van der Waals surface area (Å²) in [5.74, 6) is -0.0651. The van der Waals surface area contributed by atoms with Gasteiger partial charge < -0.3 is 5.32 Å². The topological polar surface area (TPSA) is 42.0 Å². The molecule has 0 aromatic carbocycles. The van der Waals surface area contributed by atoms with Crippen LogP contribution in [0, 0.1) is 0 Å². The number of carbonyl (C=O) groups excluding carboxylic acids is 1. The van der Waals surface area contributed by atoms with Crippen molar-refractivity contribution in [3.63, 3.8) is 0 Å². The van der Waals surface area contributed by atoms with Gasteiger partial charge in [0, 0.05) is 23.8 Å². The molecule has 3 nitrogen and oxygen atoms in total. The summed E-state index contributed by atoms with van der Waals surface area (Å²) in [5, 5.41) is 4.90. The molecule has 0 unspecified atom stereocenters. The molecule has 1 N–H and O–H groups in total. The molecule has 0 spiro atoms. The number of thiophene rings is 1. The molecule has 2 rings (SSSR count). The van der Waals surface area contributed by atoms with Crippen LogP contribution in [0.1, 0.15) is 15.2 Å². The molecule has 82 valence electrons. The van der Waals surface area contributed by atoms with Gasteiger partial charge in [-0.1, -0.05) is 6.07 Å². The molecule has 0 bridgehead atoms. The molecule has 2 heterocycles. The molecule has 2 aromatic heterocycles. The third-order valence-corrected chi connectivity index (χ3v) is 3.10. The van der Waals surface area contributed by atoms with E-state index in [1.807, 2.05) is 11.4 Å². The molecule has 4 heteroatoms. The Morgan fingerprint density at radius 3 is 3.00 bits per heavy atom. The molecule has 0 saturated carbocycles. The Kier molecular flexibility index (Phi) is 3.66. The maximum Gasteiger partial charge on any atom is 0.252 e. The largest absolute Gasteiger partial charge is 0.352 e. The van der Waals surface area contributed by atoms with Gasteiger partial charge in [-0.3, -0.25) is 9.78 Å². The number of amides is 1. The Balaban J connectivity index is 1.81. The van der Waals surface area contributed by atoms with Crippen LogP contribution in [0.3, 0.4) is 0 Å². The van der Waals surface area contributed by atoms with Gasteiger partial charge in [-0.25, -0.2) is 0 Å². The maximum absolute atomic E-state index is 11.6. The van der Waals surface area contributed by atoms with Gasteiger partial charge in [-0.15, -0.1) is 11.3 Å². The van der Waals surface area contributed by atoms with Crippen LogP contribution in [0.4, 0.5) is 0 Å². The van der Waals surface area contributed by atoms with Crippen molar-refractivity contribution in [2.75, 3.05) is 6.54 Å². The summed E-state index contributed by atoms with van der Waals surface area (Å²) >= 11 is 1.71. The fourth-order valence-electron chi connectivity index (χ4n) is 1.35. The van der Waals surface area contributed by atoms with Crippen LogP contribution < -0.4 is 5.32 Å². The van der Waals surface area contributed by atoms with Gasteiger partial charge in [-0.05, 0) is 30.0 Å². The standard InChI is InChI=1S/C12H12N2OS/c15-12(10-3-1-6-13-9-10)14-7-5-11-4-2-8-16-11/h1-4,6,8-9H,5,7H2,(H,14,15). The summed E-state index contributed by atoms with van der Waals surface area (Å²) < 4.78 is 0. The highest BCUT2D eigenvalue weighted by atomic mass is 32.1. The van der Waals surface area contributed by atoms with Crippen molar-refractivity contribution < 1.29 is 4.79 Å². The summed E-state index contributed by atoms with van der Waals surface area (Å²) in [6, 6.07) is 7.60. The van der Waals surface area contributed by atoms with Crippen LogP contribution in [0.2, 0.25) is 0 Å². The molecular weight excluding hydrogens is 220 g/mol. The highest BCUT2D eigenvalue weighted by Gasteiger charge is 2.03. The SMILES string of the molecule is O=C(NCCc1cccs1)c1cccnc1. The van der Waals surface area contributed by atoms with Crippen molar-refractivity contribution in [3.05, 3.63) is 52.5 Å². The number of hydrogen-bond acceptors (Lipinski definition) is 3. The average Bonchev–Trinajstić information content (AvgIpc) is 2.83. The molecule has 16 heavy (non-hydrogen) atoms. The summed E-state index contributed by atoms with van der Waals surface area (Å²) in [6.45, 7) is 0.661. The molecule has 0 aliphatic carbocycles. The maximum atomic E-state index is 11.6. The number of nitrogens with one attached hydrogen (secondary N) is 1. The molecule has 2 aromatic rings. The minimum Gasteiger partial charge on any atom is -0.352 e. The third kappa shape index (κ3) is 2.90. The second-order valence-corrected chi connectivity index (χ2v) is 4.36. The van der Waals surface area contributed by atoms with Gasteiger partial charge in [0.1, 0.15) is 0 Å². The number of nitrogens with zero attached hydrogens (tertiary/aromatic N) is 1. The summed E-state index contributed by atoms with van der Waals surface area (Å²) in [5.41, 5.74) is 0.605. The molecule has 0 fully saturated rings. The van der Waals surface area contributed by atoms with Crippen LogP contribution in [0.15, 0.2) is 42.0 Å². The van der Waals surface area contributed by atoms with Gasteiger partial charge in [0.15, 0.2) is 0 Å². The Bertz CT molecular complexity index is 439. The lowest BCUT2D eigenvalue weighted by molar-refractivity contribution is 0.0954. The van der Waals surface area contributed by atoms with Gasteiger partial charge in [0.2, 0.25) is 0 Å². The van der Waals surface area contributed by atoms with E-state index >= 15 is 0 Å². The Hall–Kier alpha value is -1.68. The van der Waals surface area contributed by atoms with Crippen molar-refractivity contribution in [3.8, 4) is 0 Å². The minimum absolute atomic E-state index is 0.0651. The van der Waals surface area contributed by atoms with Crippen LogP contribution in [-0.4, -0.2) is 17.4 Å². The van der Waals surface area contributed by atoms with E-state index in [0.29, 0.717) is 12.1 Å². The highest BCUT2D eigenvalue weighted by Crippen LogP contribution is 2.08. The molecule has 1 amide bonds. The van der Waals surface area contributed by atoms with E-state index in [1.165, 1.54) is 4.88 Å². The van der Waals surface area contributed by atoms with Crippen molar-refractivity contribution in [2.45, 2.75) is 6.42 Å². The molecule has 0 saturated heterocycles. The van der Waals surface area contributed by atoms with Gasteiger partial charge in [-0.2, -0.15) is 0 Å². The van der Waals surface area contributed by atoms with E-state index in [2.05, 4.69) is 16.4 Å². The number of carbonyl (C=O) groups is 1. The smallest absolute Gasteiger partial charge is 0.252 e. The molecule has 0 atom stereocenters. The summed E-state index contributed by atoms with van der Waals surface area (Å²) in [6.07, 6.45) is 4.10. The first-order valence-corrected chi connectivity index (χ1v) is 5.95. The predicted molar refractivity (Wildman–Crippen MR) is 64.6 cm³/mol. The lowest BCUT2D eigenvalue weighted by Gasteiger charge is -2.03. The van der Waals surface area contributed by atoms with Crippen LogP contribution >= 0.6 is 11.3 Å². The van der Waals surface area contributed by atoms with Crippen molar-refractivity contribution in [1.82, 2.24) is 10.3 Å². The first-order valence-electron chi connectivity index (χ1n) is 5.07. The van der Waals surface area contributed by atoms with E-state index in [4.69, 9.17) is 0 Å². The second kappa shape index (κ2) is 5.42. The van der Waals surface area contributed by atoms with Crippen LogP contribution in [-0.2, 0) is 6.42 Å². The highest BCUT2D eigenvalue weighted by molar-refractivity contribution is 7.09. The zero-order chi connectivity index (χ0) is 11.2. The number of rotatable bonds is 4. The minimum atomic E-state index is -0.0651. The average molecular weight is 232 g/mol. The van der Waals surface area contributed by atoms with E-state index in [1.54, 1.807) is 35.9 Å². The first-order chi connectivity index (χ1) is 7.86. The predicted octanol–water partition coefficient (Wildman–Crippen LogP) is 2.12. The summed E-state index contributed by atoms with van der Waals surface area (Å²) in [4.78, 5) is 16.8. The van der Waals surface area contributed by atoms with Crippen molar-refractivity contribution in [2.24, 2.45) is 0 Å². The van der Waals surface area contributed by atoms with E-state index < -0.39 is 0 Å². The van der Waals surface area contributed by atoms with E-state index in [9.17, 15) is 4.79 Å². The van der Waals surface area contributed by atoms with Crippen LogP contribution in [0.5, 0.6) is 0 Å². The first kappa shape index (κ1) is 10.8. The quantitative estimate of drug-likeness (QED) is 0.877. The van der Waals surface area contributed by atoms with Gasteiger partial charge in [0.05, 0.1) is 5.56 Å². The number of hydrogen-bond donors (Lipinski definition) is 1. The lowest BCUT2D eigenvalue weighted by atomic mass is 10.2. The Morgan fingerprint density at radius 2 is 2.31 bits per heavy atom. The van der Waals surface area contributed by atoms with E-state index in [0.717, 1.165) is 6.42 Å². The number of pyridine rings is 1. The monoisotopic (exact) mass is 232 g/mol. The Labute approximate surface area is 98.2 Å².